The Labute approximate surface area is 204 Å². The highest BCUT2D eigenvalue weighted by Gasteiger charge is 2.51. The van der Waals surface area contributed by atoms with Crippen LogP contribution >= 0.6 is 15.9 Å². The zero-order chi connectivity index (χ0) is 24.2. The van der Waals surface area contributed by atoms with E-state index in [0.717, 1.165) is 10.2 Å². The molecule has 1 N–H and O–H groups in total. The van der Waals surface area contributed by atoms with Crippen molar-refractivity contribution in [1.82, 2.24) is 0 Å². The van der Waals surface area contributed by atoms with Gasteiger partial charge in [0.2, 0.25) is 5.78 Å². The van der Waals surface area contributed by atoms with Crippen molar-refractivity contribution in [3.63, 3.8) is 0 Å². The minimum atomic E-state index is -1.00. The van der Waals surface area contributed by atoms with Gasteiger partial charge in [-0.2, -0.15) is 0 Å². The number of Topliss-reactive ketones (excluding diaryl/α,β-unsaturated/α-hetero) is 2. The molecule has 1 aliphatic heterocycles. The topological polar surface area (TPSA) is 55.4 Å². The second kappa shape index (κ2) is 7.98. The average Bonchev–Trinajstić information content (AvgIpc) is 2.73. The van der Waals surface area contributed by atoms with Crippen LogP contribution < -0.4 is 10.1 Å². The number of nitrogens with one attached hydrogen (secondary N) is 1. The van der Waals surface area contributed by atoms with E-state index in [1.807, 2.05) is 90.1 Å². The zero-order valence-electron chi connectivity index (χ0n) is 20.0. The maximum Gasteiger partial charge on any atom is 0.206 e. The predicted octanol–water partition coefficient (Wildman–Crippen LogP) is 6.77. The third kappa shape index (κ3) is 4.31. The summed E-state index contributed by atoms with van der Waals surface area (Å²) in [5.74, 6) is 0.496. The number of carbonyl (C=O) groups excluding carboxylic acids is 2. The van der Waals surface area contributed by atoms with Crippen molar-refractivity contribution in [3.8, 4) is 5.75 Å². The van der Waals surface area contributed by atoms with E-state index in [1.165, 1.54) is 0 Å². The van der Waals surface area contributed by atoms with Crippen LogP contribution in [-0.2, 0) is 4.79 Å². The van der Waals surface area contributed by atoms with Crippen LogP contribution in [-0.4, -0.2) is 23.2 Å². The Morgan fingerprint density at radius 1 is 0.909 bits per heavy atom. The number of ketones is 2. The SMILES string of the molecule is CC(C)(C)C1=CC2(C=C(C(C)(C)C)C1=O)Nc1ccccc1OC2C(=O)c1ccc(Br)cc1. The first-order chi connectivity index (χ1) is 15.3. The summed E-state index contributed by atoms with van der Waals surface area (Å²) in [7, 11) is 0. The molecule has 1 unspecified atom stereocenters. The fourth-order valence-electron chi connectivity index (χ4n) is 4.37. The quantitative estimate of drug-likeness (QED) is 0.455. The van der Waals surface area contributed by atoms with Crippen molar-refractivity contribution in [3.05, 3.63) is 81.9 Å². The third-order valence-electron chi connectivity index (χ3n) is 6.16. The van der Waals surface area contributed by atoms with E-state index in [0.29, 0.717) is 22.5 Å². The number of benzene rings is 2. The Morgan fingerprint density at radius 3 is 2.00 bits per heavy atom. The number of halogens is 1. The molecule has 2 aromatic carbocycles. The minimum Gasteiger partial charge on any atom is -0.477 e. The van der Waals surface area contributed by atoms with Crippen LogP contribution in [0.1, 0.15) is 51.9 Å². The van der Waals surface area contributed by atoms with Gasteiger partial charge in [0.25, 0.3) is 0 Å². The van der Waals surface area contributed by atoms with Crippen LogP contribution in [0.25, 0.3) is 0 Å². The molecule has 0 saturated heterocycles. The van der Waals surface area contributed by atoms with Gasteiger partial charge in [0.1, 0.15) is 11.3 Å². The second-order valence-electron chi connectivity index (χ2n) is 10.9. The second-order valence-corrected chi connectivity index (χ2v) is 11.8. The van der Waals surface area contributed by atoms with Crippen molar-refractivity contribution in [1.29, 1.82) is 0 Å². The summed E-state index contributed by atoms with van der Waals surface area (Å²) < 4.78 is 7.30. The van der Waals surface area contributed by atoms with Crippen LogP contribution in [0.2, 0.25) is 0 Å². The van der Waals surface area contributed by atoms with Crippen LogP contribution in [0.4, 0.5) is 5.69 Å². The van der Waals surface area contributed by atoms with Crippen molar-refractivity contribution in [2.45, 2.75) is 53.2 Å². The van der Waals surface area contributed by atoms with Gasteiger partial charge in [0, 0.05) is 21.2 Å². The van der Waals surface area contributed by atoms with Gasteiger partial charge in [-0.25, -0.2) is 0 Å². The number of carbonyl (C=O) groups is 2. The van der Waals surface area contributed by atoms with Crippen LogP contribution in [0.3, 0.4) is 0 Å². The number of hydrogen-bond acceptors (Lipinski definition) is 4. The van der Waals surface area contributed by atoms with Crippen LogP contribution in [0.15, 0.2) is 76.3 Å². The molecule has 2 aromatic rings. The maximum atomic E-state index is 13.9. The van der Waals surface area contributed by atoms with E-state index in [4.69, 9.17) is 4.74 Å². The first-order valence-electron chi connectivity index (χ1n) is 11.2. The Balaban J connectivity index is 1.96. The fraction of sp³-hybridized carbons (Fsp3) is 0.357. The predicted molar refractivity (Wildman–Crippen MR) is 136 cm³/mol. The first kappa shape index (κ1) is 23.5. The van der Waals surface area contributed by atoms with Crippen LogP contribution in [0.5, 0.6) is 5.75 Å². The monoisotopic (exact) mass is 507 g/mol. The largest absolute Gasteiger partial charge is 0.477 e. The van der Waals surface area contributed by atoms with Gasteiger partial charge in [-0.3, -0.25) is 9.59 Å². The highest BCUT2D eigenvalue weighted by Crippen LogP contribution is 2.46. The zero-order valence-corrected chi connectivity index (χ0v) is 21.5. The van der Waals surface area contributed by atoms with E-state index in [1.54, 1.807) is 12.1 Å². The molecule has 1 aliphatic carbocycles. The van der Waals surface area contributed by atoms with Crippen LogP contribution in [0, 0.1) is 10.8 Å². The van der Waals surface area contributed by atoms with Crippen molar-refractivity contribution in [2.24, 2.45) is 10.8 Å². The average molecular weight is 508 g/mol. The van der Waals surface area contributed by atoms with E-state index >= 15 is 0 Å². The number of anilines is 1. The molecule has 4 nitrogen and oxygen atoms in total. The summed E-state index contributed by atoms with van der Waals surface area (Å²) >= 11 is 3.44. The molecule has 0 aromatic heterocycles. The molecular formula is C28H30BrNO3. The number of rotatable bonds is 2. The normalized spacial score (nSPS) is 19.7. The van der Waals surface area contributed by atoms with Crippen molar-refractivity contribution < 1.29 is 14.3 Å². The number of fused-ring (bicyclic) bond motifs is 1. The van der Waals surface area contributed by atoms with Gasteiger partial charge < -0.3 is 10.1 Å². The van der Waals surface area contributed by atoms with Gasteiger partial charge in [-0.15, -0.1) is 0 Å². The molecule has 0 amide bonds. The lowest BCUT2D eigenvalue weighted by Crippen LogP contribution is -2.58. The van der Waals surface area contributed by atoms with E-state index in [2.05, 4.69) is 21.2 Å². The summed E-state index contributed by atoms with van der Waals surface area (Å²) in [6, 6.07) is 14.9. The van der Waals surface area contributed by atoms with Crippen molar-refractivity contribution >= 4 is 33.2 Å². The summed E-state index contributed by atoms with van der Waals surface area (Å²) in [5, 5.41) is 3.59. The Hall–Kier alpha value is -2.66. The highest BCUT2D eigenvalue weighted by molar-refractivity contribution is 9.10. The lowest BCUT2D eigenvalue weighted by atomic mass is 9.67. The van der Waals surface area contributed by atoms with Gasteiger partial charge in [0.15, 0.2) is 11.9 Å². The lowest BCUT2D eigenvalue weighted by Gasteiger charge is -2.46. The molecule has 4 rings (SSSR count). The summed E-state index contributed by atoms with van der Waals surface area (Å²) in [6.07, 6.45) is 2.96. The van der Waals surface area contributed by atoms with Gasteiger partial charge >= 0.3 is 0 Å². The molecule has 0 bridgehead atoms. The standard InChI is InChI=1S/C28H30BrNO3/c1-26(2,3)19-15-28(16-20(24(19)32)27(4,5)6)25(23(31)17-11-13-18(29)14-12-17)33-22-10-8-7-9-21(22)30-28/h7-16,25,30H,1-6H3. The fourth-order valence-corrected chi connectivity index (χ4v) is 4.63. The molecular weight excluding hydrogens is 478 g/mol. The van der Waals surface area contributed by atoms with E-state index in [9.17, 15) is 9.59 Å². The van der Waals surface area contributed by atoms with Gasteiger partial charge in [-0.05, 0) is 47.2 Å². The lowest BCUT2D eigenvalue weighted by molar-refractivity contribution is -0.114. The molecule has 0 saturated carbocycles. The highest BCUT2D eigenvalue weighted by atomic mass is 79.9. The molecule has 33 heavy (non-hydrogen) atoms. The summed E-state index contributed by atoms with van der Waals surface area (Å²) in [6.45, 7) is 12.2. The van der Waals surface area contributed by atoms with E-state index in [-0.39, 0.29) is 11.6 Å². The maximum absolute atomic E-state index is 13.9. The molecule has 1 spiro atoms. The summed E-state index contributed by atoms with van der Waals surface area (Å²) in [4.78, 5) is 27.4. The third-order valence-corrected chi connectivity index (χ3v) is 6.68. The van der Waals surface area contributed by atoms with Gasteiger partial charge in [-0.1, -0.05) is 81.7 Å². The first-order valence-corrected chi connectivity index (χ1v) is 12.0. The van der Waals surface area contributed by atoms with Gasteiger partial charge in [0.05, 0.1) is 5.69 Å². The Kier molecular flexibility index (Phi) is 5.68. The minimum absolute atomic E-state index is 0.0242. The molecule has 0 radical (unpaired) electrons. The number of ether oxygens (including phenoxy) is 1. The smallest absolute Gasteiger partial charge is 0.206 e. The number of para-hydroxylation sites is 2. The molecule has 0 fully saturated rings. The molecule has 2 aliphatic rings. The van der Waals surface area contributed by atoms with Crippen molar-refractivity contribution in [2.75, 3.05) is 5.32 Å². The molecule has 1 heterocycles. The molecule has 1 atom stereocenters. The molecule has 172 valence electrons. The number of hydrogen-bond donors (Lipinski definition) is 1. The molecule has 5 heteroatoms. The Bertz CT molecular complexity index is 1140. The number of allylic oxidation sites excluding steroid dienone is 2. The Morgan fingerprint density at radius 2 is 1.45 bits per heavy atom. The summed E-state index contributed by atoms with van der Waals surface area (Å²) in [5.41, 5.74) is 0.894. The van der Waals surface area contributed by atoms with E-state index < -0.39 is 22.5 Å².